The van der Waals surface area contributed by atoms with E-state index in [1.54, 1.807) is 4.90 Å². The Morgan fingerprint density at radius 2 is 1.80 bits per heavy atom. The lowest BCUT2D eigenvalue weighted by atomic mass is 9.99. The van der Waals surface area contributed by atoms with Gasteiger partial charge in [0.1, 0.15) is 0 Å². The van der Waals surface area contributed by atoms with Gasteiger partial charge in [0.25, 0.3) is 0 Å². The van der Waals surface area contributed by atoms with Gasteiger partial charge in [-0.1, -0.05) is 6.92 Å². The molecule has 1 unspecified atom stereocenters. The zero-order valence-corrected chi connectivity index (χ0v) is 8.68. The maximum absolute atomic E-state index is 12.6. The fourth-order valence-corrected chi connectivity index (χ4v) is 1.53. The van der Waals surface area contributed by atoms with Gasteiger partial charge in [0.05, 0.1) is 13.2 Å². The number of nitrogens with zero attached hydrogens (tertiary/aromatic N) is 1. The first-order valence-electron chi connectivity index (χ1n) is 4.98. The van der Waals surface area contributed by atoms with Crippen LogP contribution in [0, 0.1) is 0 Å². The highest BCUT2D eigenvalue weighted by atomic mass is 19.4. The number of morpholine rings is 1. The highest BCUT2D eigenvalue weighted by Gasteiger charge is 2.52. The molecule has 1 saturated heterocycles. The van der Waals surface area contributed by atoms with Gasteiger partial charge in [0.15, 0.2) is 5.60 Å². The van der Waals surface area contributed by atoms with E-state index in [4.69, 9.17) is 4.74 Å². The first-order valence-corrected chi connectivity index (χ1v) is 4.98. The van der Waals surface area contributed by atoms with E-state index in [1.807, 2.05) is 0 Å². The molecule has 0 aromatic carbocycles. The second-order valence-electron chi connectivity index (χ2n) is 3.77. The quantitative estimate of drug-likeness (QED) is 0.781. The summed E-state index contributed by atoms with van der Waals surface area (Å²) in [5.74, 6) is 0. The van der Waals surface area contributed by atoms with E-state index in [1.165, 1.54) is 6.92 Å². The van der Waals surface area contributed by atoms with Crippen LogP contribution in [0.3, 0.4) is 0 Å². The van der Waals surface area contributed by atoms with Crippen LogP contribution in [-0.2, 0) is 4.74 Å². The number of aliphatic hydroxyl groups is 1. The van der Waals surface area contributed by atoms with E-state index in [-0.39, 0.29) is 13.0 Å². The van der Waals surface area contributed by atoms with Gasteiger partial charge in [-0.25, -0.2) is 0 Å². The molecule has 0 spiro atoms. The maximum atomic E-state index is 12.6. The highest BCUT2D eigenvalue weighted by Crippen LogP contribution is 2.33. The van der Waals surface area contributed by atoms with Gasteiger partial charge in [-0.15, -0.1) is 0 Å². The van der Waals surface area contributed by atoms with E-state index in [2.05, 4.69) is 0 Å². The van der Waals surface area contributed by atoms with Crippen molar-refractivity contribution in [3.05, 3.63) is 0 Å². The average molecular weight is 227 g/mol. The Morgan fingerprint density at radius 3 is 2.20 bits per heavy atom. The van der Waals surface area contributed by atoms with E-state index >= 15 is 0 Å². The van der Waals surface area contributed by atoms with Gasteiger partial charge < -0.3 is 9.84 Å². The second kappa shape index (κ2) is 4.67. The summed E-state index contributed by atoms with van der Waals surface area (Å²) in [6.45, 7) is 2.72. The van der Waals surface area contributed by atoms with Crippen LogP contribution in [0.5, 0.6) is 0 Å². The van der Waals surface area contributed by atoms with Crippen LogP contribution in [0.25, 0.3) is 0 Å². The molecule has 0 aromatic heterocycles. The van der Waals surface area contributed by atoms with Crippen molar-refractivity contribution in [1.82, 2.24) is 4.90 Å². The first kappa shape index (κ1) is 12.7. The van der Waals surface area contributed by atoms with Gasteiger partial charge in [-0.05, 0) is 6.42 Å². The number of hydrogen-bond acceptors (Lipinski definition) is 3. The summed E-state index contributed by atoms with van der Waals surface area (Å²) in [7, 11) is 0. The van der Waals surface area contributed by atoms with Gasteiger partial charge in [0, 0.05) is 19.6 Å². The Bertz CT molecular complexity index is 204. The summed E-state index contributed by atoms with van der Waals surface area (Å²) >= 11 is 0. The molecule has 3 nitrogen and oxygen atoms in total. The number of ether oxygens (including phenoxy) is 1. The number of hydrogen-bond donors (Lipinski definition) is 1. The Labute approximate surface area is 86.8 Å². The predicted molar refractivity (Wildman–Crippen MR) is 48.6 cm³/mol. The molecule has 0 radical (unpaired) electrons. The summed E-state index contributed by atoms with van der Waals surface area (Å²) < 4.78 is 42.7. The minimum absolute atomic E-state index is 0.326. The topological polar surface area (TPSA) is 32.7 Å². The standard InChI is InChI=1S/C9H16F3NO2/c1-2-8(14,9(10,11)12)7-13-3-5-15-6-4-13/h14H,2-7H2,1H3. The normalized spacial score (nSPS) is 23.8. The van der Waals surface area contributed by atoms with Crippen molar-refractivity contribution < 1.29 is 23.0 Å². The van der Waals surface area contributed by atoms with E-state index in [0.717, 1.165) is 0 Å². The largest absolute Gasteiger partial charge is 0.418 e. The minimum atomic E-state index is -4.57. The number of alkyl halides is 3. The third-order valence-electron chi connectivity index (χ3n) is 2.70. The summed E-state index contributed by atoms with van der Waals surface area (Å²) in [4.78, 5) is 1.58. The molecular weight excluding hydrogens is 211 g/mol. The molecule has 0 bridgehead atoms. The molecule has 1 rings (SSSR count). The molecule has 1 aliphatic heterocycles. The molecular formula is C9H16F3NO2. The summed E-state index contributed by atoms with van der Waals surface area (Å²) in [6, 6.07) is 0. The summed E-state index contributed by atoms with van der Waals surface area (Å²) in [6.07, 6.45) is -4.89. The molecule has 0 saturated carbocycles. The molecule has 1 heterocycles. The molecule has 1 atom stereocenters. The molecule has 6 heteroatoms. The van der Waals surface area contributed by atoms with Gasteiger partial charge in [-0.3, -0.25) is 4.90 Å². The molecule has 0 aliphatic carbocycles. The van der Waals surface area contributed by atoms with Crippen molar-refractivity contribution in [1.29, 1.82) is 0 Å². The van der Waals surface area contributed by atoms with Crippen LogP contribution in [0.15, 0.2) is 0 Å². The van der Waals surface area contributed by atoms with Crippen molar-refractivity contribution in [3.8, 4) is 0 Å². The van der Waals surface area contributed by atoms with Crippen LogP contribution in [0.1, 0.15) is 13.3 Å². The number of rotatable bonds is 3. The maximum Gasteiger partial charge on any atom is 0.418 e. The molecule has 1 aliphatic rings. The Hall–Kier alpha value is -0.330. The van der Waals surface area contributed by atoms with Crippen LogP contribution < -0.4 is 0 Å². The summed E-state index contributed by atoms with van der Waals surface area (Å²) in [5.41, 5.74) is -2.59. The zero-order valence-electron chi connectivity index (χ0n) is 8.68. The van der Waals surface area contributed by atoms with Crippen LogP contribution in [0.2, 0.25) is 0 Å². The van der Waals surface area contributed by atoms with Crippen molar-refractivity contribution >= 4 is 0 Å². The average Bonchev–Trinajstić information content (AvgIpc) is 2.17. The fourth-order valence-electron chi connectivity index (χ4n) is 1.53. The van der Waals surface area contributed by atoms with Gasteiger partial charge in [-0.2, -0.15) is 13.2 Å². The third kappa shape index (κ3) is 3.06. The molecule has 0 aromatic rings. The molecule has 1 fully saturated rings. The molecule has 90 valence electrons. The van der Waals surface area contributed by atoms with Crippen molar-refractivity contribution in [2.75, 3.05) is 32.8 Å². The Kier molecular flexibility index (Phi) is 3.97. The number of β-amino-alcohol motifs (C(OH)–C–C–N with tert-alkyl or cyclic N) is 1. The van der Waals surface area contributed by atoms with E-state index in [0.29, 0.717) is 26.3 Å². The zero-order chi connectivity index (χ0) is 11.5. The Balaban J connectivity index is 2.58. The van der Waals surface area contributed by atoms with Gasteiger partial charge >= 0.3 is 6.18 Å². The molecule has 15 heavy (non-hydrogen) atoms. The number of halogens is 3. The van der Waals surface area contributed by atoms with E-state index in [9.17, 15) is 18.3 Å². The second-order valence-corrected chi connectivity index (χ2v) is 3.77. The van der Waals surface area contributed by atoms with Crippen LogP contribution in [0.4, 0.5) is 13.2 Å². The lowest BCUT2D eigenvalue weighted by molar-refractivity contribution is -0.267. The fraction of sp³-hybridized carbons (Fsp3) is 1.00. The minimum Gasteiger partial charge on any atom is -0.379 e. The molecule has 1 N–H and O–H groups in total. The van der Waals surface area contributed by atoms with Crippen molar-refractivity contribution in [2.45, 2.75) is 25.1 Å². The first-order chi connectivity index (χ1) is 6.89. The van der Waals surface area contributed by atoms with Crippen LogP contribution in [-0.4, -0.2) is 54.6 Å². The van der Waals surface area contributed by atoms with Crippen molar-refractivity contribution in [2.24, 2.45) is 0 Å². The smallest absolute Gasteiger partial charge is 0.379 e. The monoisotopic (exact) mass is 227 g/mol. The lowest BCUT2D eigenvalue weighted by Gasteiger charge is -2.36. The van der Waals surface area contributed by atoms with Crippen LogP contribution >= 0.6 is 0 Å². The van der Waals surface area contributed by atoms with Crippen molar-refractivity contribution in [3.63, 3.8) is 0 Å². The lowest BCUT2D eigenvalue weighted by Crippen LogP contribution is -2.55. The predicted octanol–water partition coefficient (Wildman–Crippen LogP) is 1.02. The third-order valence-corrected chi connectivity index (χ3v) is 2.70. The van der Waals surface area contributed by atoms with E-state index < -0.39 is 11.8 Å². The SMILES string of the molecule is CCC(O)(CN1CCOCC1)C(F)(F)F. The molecule has 0 amide bonds. The highest BCUT2D eigenvalue weighted by molar-refractivity contribution is 4.89. The summed E-state index contributed by atoms with van der Waals surface area (Å²) in [5, 5.41) is 9.50. The Morgan fingerprint density at radius 1 is 1.27 bits per heavy atom. The van der Waals surface area contributed by atoms with Gasteiger partial charge in [0.2, 0.25) is 0 Å².